The molecule has 0 aromatic rings. The predicted octanol–water partition coefficient (Wildman–Crippen LogP) is 21.3. The van der Waals surface area contributed by atoms with Crippen molar-refractivity contribution < 1.29 is 28.6 Å². The summed E-state index contributed by atoms with van der Waals surface area (Å²) in [5, 5.41) is 0. The summed E-state index contributed by atoms with van der Waals surface area (Å²) in [5.74, 6) is -0.986. The summed E-state index contributed by atoms with van der Waals surface area (Å²) >= 11 is 0. The van der Waals surface area contributed by atoms with Gasteiger partial charge in [-0.2, -0.15) is 0 Å². The maximum absolute atomic E-state index is 12.9. The quantitative estimate of drug-likeness (QED) is 0.0261. The summed E-state index contributed by atoms with van der Waals surface area (Å²) in [5.41, 5.74) is 0. The van der Waals surface area contributed by atoms with Crippen molar-refractivity contribution in [3.8, 4) is 0 Å². The average Bonchev–Trinajstić information content (AvgIpc) is 3.43. The molecule has 0 aliphatic heterocycles. The van der Waals surface area contributed by atoms with E-state index in [1.165, 1.54) is 51.4 Å². The van der Waals surface area contributed by atoms with Gasteiger partial charge in [0.2, 0.25) is 0 Å². The van der Waals surface area contributed by atoms with Crippen molar-refractivity contribution >= 4 is 17.9 Å². The Labute approximate surface area is 473 Å². The molecule has 0 spiro atoms. The molecule has 6 nitrogen and oxygen atoms in total. The Morgan fingerprint density at radius 1 is 0.273 bits per heavy atom. The number of carbonyl (C=O) groups excluding carboxylic acids is 3. The largest absolute Gasteiger partial charge is 0.462 e. The molecule has 0 bridgehead atoms. The van der Waals surface area contributed by atoms with Crippen LogP contribution < -0.4 is 0 Å². The van der Waals surface area contributed by atoms with E-state index in [1.54, 1.807) is 0 Å². The van der Waals surface area contributed by atoms with Crippen LogP contribution in [0.3, 0.4) is 0 Å². The van der Waals surface area contributed by atoms with Gasteiger partial charge in [0.25, 0.3) is 0 Å². The van der Waals surface area contributed by atoms with Gasteiger partial charge < -0.3 is 14.2 Å². The fourth-order valence-electron chi connectivity index (χ4n) is 7.91. The molecule has 0 heterocycles. The van der Waals surface area contributed by atoms with Gasteiger partial charge in [-0.1, -0.05) is 243 Å². The first kappa shape index (κ1) is 72.0. The second-order valence-corrected chi connectivity index (χ2v) is 19.8. The van der Waals surface area contributed by atoms with E-state index in [4.69, 9.17) is 14.2 Å². The van der Waals surface area contributed by atoms with Gasteiger partial charge in [-0.25, -0.2) is 0 Å². The molecule has 0 radical (unpaired) electrons. The topological polar surface area (TPSA) is 78.9 Å². The summed E-state index contributed by atoms with van der Waals surface area (Å²) in [6, 6.07) is 0. The standard InChI is InChI=1S/C71H112O6/c1-4-7-10-13-16-19-22-25-28-31-34-35-38-40-43-46-49-52-55-58-61-64-70(73)76-67-68(77-71(74)65-62-59-56-53-50-47-44-41-37-33-30-27-24-21-18-15-12-9-6-3)66-75-69(72)63-60-57-54-51-48-45-42-39-36-32-29-26-23-20-17-14-11-8-5-2/h7,9-10,12,16-21,25-30,34-37,39-41,43,49,52,68H,4-6,8,11,13-15,22-24,31-33,38,42,44-48,50-51,53-67H2,1-3H3/b10-7-,12-9-,19-16-,20-17-,21-18-,28-25-,29-26-,30-27-,35-34-,39-36-,41-37-,43-40-,52-49-. The van der Waals surface area contributed by atoms with E-state index in [2.05, 4.69) is 179 Å². The lowest BCUT2D eigenvalue weighted by atomic mass is 10.1. The first-order chi connectivity index (χ1) is 38.0. The summed E-state index contributed by atoms with van der Waals surface area (Å²) in [4.78, 5) is 38.3. The fraction of sp³-hybridized carbons (Fsp3) is 0.592. The van der Waals surface area contributed by atoms with E-state index < -0.39 is 6.10 Å². The number of hydrogen-bond acceptors (Lipinski definition) is 6. The maximum atomic E-state index is 12.9. The second kappa shape index (κ2) is 63.6. The minimum Gasteiger partial charge on any atom is -0.462 e. The van der Waals surface area contributed by atoms with Crippen LogP contribution in [0.2, 0.25) is 0 Å². The number of carbonyl (C=O) groups is 3. The monoisotopic (exact) mass is 1060 g/mol. The molecule has 77 heavy (non-hydrogen) atoms. The highest BCUT2D eigenvalue weighted by Crippen LogP contribution is 2.13. The lowest BCUT2D eigenvalue weighted by molar-refractivity contribution is -0.167. The van der Waals surface area contributed by atoms with Crippen molar-refractivity contribution in [3.63, 3.8) is 0 Å². The number of unbranched alkanes of at least 4 members (excludes halogenated alkanes) is 17. The third kappa shape index (κ3) is 61.8. The van der Waals surface area contributed by atoms with Crippen LogP contribution in [-0.4, -0.2) is 37.2 Å². The average molecular weight is 1060 g/mol. The Morgan fingerprint density at radius 2 is 0.506 bits per heavy atom. The summed E-state index contributed by atoms with van der Waals surface area (Å²) in [6.07, 6.45) is 92.3. The highest BCUT2D eigenvalue weighted by molar-refractivity contribution is 5.71. The Balaban J connectivity index is 4.56. The lowest BCUT2D eigenvalue weighted by Crippen LogP contribution is -2.30. The molecule has 0 amide bonds. The van der Waals surface area contributed by atoms with E-state index in [1.807, 2.05) is 0 Å². The van der Waals surface area contributed by atoms with Gasteiger partial charge in [0.05, 0.1) is 0 Å². The van der Waals surface area contributed by atoms with E-state index in [0.29, 0.717) is 25.7 Å². The van der Waals surface area contributed by atoms with Gasteiger partial charge in [-0.15, -0.1) is 0 Å². The van der Waals surface area contributed by atoms with Gasteiger partial charge in [0, 0.05) is 19.3 Å². The van der Waals surface area contributed by atoms with Gasteiger partial charge >= 0.3 is 17.9 Å². The first-order valence-corrected chi connectivity index (χ1v) is 31.0. The molecule has 0 rings (SSSR count). The Bertz CT molecular complexity index is 1740. The van der Waals surface area contributed by atoms with E-state index in [-0.39, 0.29) is 31.1 Å². The summed E-state index contributed by atoms with van der Waals surface area (Å²) < 4.78 is 16.9. The normalized spacial score (nSPS) is 13.2. The van der Waals surface area contributed by atoms with Gasteiger partial charge in [0.15, 0.2) is 6.10 Å². The zero-order valence-corrected chi connectivity index (χ0v) is 49.4. The van der Waals surface area contributed by atoms with Gasteiger partial charge in [-0.3, -0.25) is 14.4 Å². The molecular weight excluding hydrogens is 949 g/mol. The van der Waals surface area contributed by atoms with Crippen molar-refractivity contribution in [3.05, 3.63) is 158 Å². The predicted molar refractivity (Wildman–Crippen MR) is 334 cm³/mol. The Hall–Kier alpha value is -4.97. The van der Waals surface area contributed by atoms with Crippen molar-refractivity contribution in [2.45, 2.75) is 258 Å². The highest BCUT2D eigenvalue weighted by atomic mass is 16.6. The van der Waals surface area contributed by atoms with Crippen LogP contribution in [0.5, 0.6) is 0 Å². The van der Waals surface area contributed by atoms with Crippen molar-refractivity contribution in [1.29, 1.82) is 0 Å². The molecule has 0 saturated carbocycles. The summed E-state index contributed by atoms with van der Waals surface area (Å²) in [7, 11) is 0. The molecule has 1 unspecified atom stereocenters. The van der Waals surface area contributed by atoms with Crippen LogP contribution in [0.4, 0.5) is 0 Å². The zero-order valence-electron chi connectivity index (χ0n) is 49.4. The van der Waals surface area contributed by atoms with E-state index in [9.17, 15) is 14.4 Å². The molecule has 0 saturated heterocycles. The molecule has 0 aliphatic rings. The third-order valence-corrected chi connectivity index (χ3v) is 12.5. The van der Waals surface area contributed by atoms with Crippen molar-refractivity contribution in [2.75, 3.05) is 13.2 Å². The fourth-order valence-corrected chi connectivity index (χ4v) is 7.91. The van der Waals surface area contributed by atoms with Gasteiger partial charge in [-0.05, 0) is 148 Å². The molecule has 0 aliphatic carbocycles. The number of ether oxygens (including phenoxy) is 3. The van der Waals surface area contributed by atoms with Gasteiger partial charge in [0.1, 0.15) is 13.2 Å². The van der Waals surface area contributed by atoms with E-state index >= 15 is 0 Å². The second-order valence-electron chi connectivity index (χ2n) is 19.8. The highest BCUT2D eigenvalue weighted by Gasteiger charge is 2.19. The number of hydrogen-bond donors (Lipinski definition) is 0. The zero-order chi connectivity index (χ0) is 55.7. The first-order valence-electron chi connectivity index (χ1n) is 31.0. The summed E-state index contributed by atoms with van der Waals surface area (Å²) in [6.45, 7) is 6.32. The SMILES string of the molecule is CC/C=C\C/C=C\C/C=C\C/C=C\C/C=C\C/C=C\CCCCC(=O)OCC(COC(=O)CCCCCCCC/C=C\C/C=C\C/C=C\CCCCC)OC(=O)CCCCCCCC/C=C\C/C=C\C/C=C\C/C=C\CC. The van der Waals surface area contributed by atoms with Crippen molar-refractivity contribution in [2.24, 2.45) is 0 Å². The van der Waals surface area contributed by atoms with E-state index in [0.717, 1.165) is 154 Å². The van der Waals surface area contributed by atoms with Crippen LogP contribution >= 0.6 is 0 Å². The minimum atomic E-state index is -0.819. The van der Waals surface area contributed by atoms with Crippen LogP contribution in [0, 0.1) is 0 Å². The van der Waals surface area contributed by atoms with Crippen LogP contribution in [0.25, 0.3) is 0 Å². The minimum absolute atomic E-state index is 0.112. The molecule has 6 heteroatoms. The van der Waals surface area contributed by atoms with Crippen molar-refractivity contribution in [1.82, 2.24) is 0 Å². The molecule has 0 fully saturated rings. The Kier molecular flexibility index (Phi) is 59.5. The Morgan fingerprint density at radius 3 is 0.818 bits per heavy atom. The molecular formula is C71H112O6. The number of rotatable bonds is 54. The van der Waals surface area contributed by atoms with Crippen LogP contribution in [0.15, 0.2) is 158 Å². The number of esters is 3. The molecule has 0 N–H and O–H groups in total. The number of allylic oxidation sites excluding steroid dienone is 26. The molecule has 0 aromatic heterocycles. The molecule has 0 aromatic carbocycles. The third-order valence-electron chi connectivity index (χ3n) is 12.5. The van der Waals surface area contributed by atoms with Crippen LogP contribution in [0.1, 0.15) is 252 Å². The maximum Gasteiger partial charge on any atom is 0.306 e. The molecule has 432 valence electrons. The molecule has 1 atom stereocenters. The van der Waals surface area contributed by atoms with Crippen LogP contribution in [-0.2, 0) is 28.6 Å². The lowest BCUT2D eigenvalue weighted by Gasteiger charge is -2.18. The smallest absolute Gasteiger partial charge is 0.306 e.